The lowest BCUT2D eigenvalue weighted by Gasteiger charge is -2.47. The molecule has 1 spiro atoms. The Morgan fingerprint density at radius 3 is 2.91 bits per heavy atom. The molecular weight excluding hydrogens is 298 g/mol. The molecule has 1 aliphatic carbocycles. The predicted molar refractivity (Wildman–Crippen MR) is 84.9 cm³/mol. The van der Waals surface area contributed by atoms with Crippen molar-refractivity contribution in [2.45, 2.75) is 37.0 Å². The first kappa shape index (κ1) is 14.5. The number of carbonyl (C=O) groups excluding carboxylic acids is 1. The molecule has 0 radical (unpaired) electrons. The van der Waals surface area contributed by atoms with Crippen LogP contribution in [0.25, 0.3) is 0 Å². The Bertz CT molecular complexity index is 567. The highest BCUT2D eigenvalue weighted by molar-refractivity contribution is 8.01. The normalized spacial score (nSPS) is 26.2. The second-order valence-corrected chi connectivity index (χ2v) is 8.29. The van der Waals surface area contributed by atoms with Crippen molar-refractivity contribution >= 4 is 17.7 Å². The zero-order chi connectivity index (χ0) is 15.2. The fraction of sp³-hybridized carbons (Fsp3) is 0.688. The van der Waals surface area contributed by atoms with Gasteiger partial charge in [-0.3, -0.25) is 9.78 Å². The van der Waals surface area contributed by atoms with Gasteiger partial charge in [0.15, 0.2) is 0 Å². The van der Waals surface area contributed by atoms with E-state index in [-0.39, 0.29) is 10.7 Å². The molecule has 3 aliphatic rings. The number of nitrogens with zero attached hydrogens (tertiary/aromatic N) is 3. The highest BCUT2D eigenvalue weighted by Crippen LogP contribution is 2.46. The van der Waals surface area contributed by atoms with E-state index in [4.69, 9.17) is 4.74 Å². The molecular formula is C16H21N3O2S. The molecule has 22 heavy (non-hydrogen) atoms. The number of amides is 1. The average molecular weight is 319 g/mol. The van der Waals surface area contributed by atoms with E-state index in [2.05, 4.69) is 9.97 Å². The van der Waals surface area contributed by atoms with Crippen LogP contribution in [-0.2, 0) is 4.74 Å². The molecule has 118 valence electrons. The van der Waals surface area contributed by atoms with Gasteiger partial charge in [0.25, 0.3) is 5.91 Å². The number of thioether (sulfide) groups is 1. The van der Waals surface area contributed by atoms with E-state index in [1.807, 2.05) is 23.6 Å². The highest BCUT2D eigenvalue weighted by atomic mass is 32.2. The molecule has 6 heteroatoms. The molecule has 1 aromatic rings. The van der Waals surface area contributed by atoms with Crippen LogP contribution in [0.1, 0.15) is 35.4 Å². The van der Waals surface area contributed by atoms with Crippen LogP contribution in [0.2, 0.25) is 0 Å². The molecule has 0 N–H and O–H groups in total. The summed E-state index contributed by atoms with van der Waals surface area (Å²) in [6.45, 7) is 4.43. The van der Waals surface area contributed by atoms with Gasteiger partial charge in [-0.2, -0.15) is 0 Å². The quantitative estimate of drug-likeness (QED) is 0.848. The predicted octanol–water partition coefficient (Wildman–Crippen LogP) is 1.91. The summed E-state index contributed by atoms with van der Waals surface area (Å²) in [7, 11) is 0. The van der Waals surface area contributed by atoms with Gasteiger partial charge in [0, 0.05) is 31.6 Å². The smallest absolute Gasteiger partial charge is 0.274 e. The molecule has 3 fully saturated rings. The second kappa shape index (κ2) is 5.49. The van der Waals surface area contributed by atoms with Gasteiger partial charge in [0.1, 0.15) is 5.69 Å². The minimum Gasteiger partial charge on any atom is -0.377 e. The molecule has 0 aromatic carbocycles. The van der Waals surface area contributed by atoms with E-state index >= 15 is 0 Å². The van der Waals surface area contributed by atoms with E-state index < -0.39 is 0 Å². The number of hydrogen-bond acceptors (Lipinski definition) is 5. The standard InChI is InChI=1S/C16H21N3O2S/c1-11-5-18-14(6-17-11)15(20)19-9-16(10-19)4-13(8-22-16)21-7-12-2-3-12/h5-6,12-13H,2-4,7-10H2,1H3. The zero-order valence-corrected chi connectivity index (χ0v) is 13.6. The zero-order valence-electron chi connectivity index (χ0n) is 12.8. The van der Waals surface area contributed by atoms with E-state index in [1.165, 1.54) is 12.8 Å². The molecule has 1 aromatic heterocycles. The lowest BCUT2D eigenvalue weighted by atomic mass is 9.92. The van der Waals surface area contributed by atoms with Crippen molar-refractivity contribution in [3.05, 3.63) is 23.8 Å². The van der Waals surface area contributed by atoms with Gasteiger partial charge in [-0.25, -0.2) is 4.98 Å². The van der Waals surface area contributed by atoms with Crippen LogP contribution in [0.3, 0.4) is 0 Å². The van der Waals surface area contributed by atoms with Crippen LogP contribution >= 0.6 is 11.8 Å². The molecule has 2 saturated heterocycles. The number of aryl methyl sites for hydroxylation is 1. The van der Waals surface area contributed by atoms with Crippen molar-refractivity contribution in [3.63, 3.8) is 0 Å². The van der Waals surface area contributed by atoms with Crippen molar-refractivity contribution < 1.29 is 9.53 Å². The minimum atomic E-state index is 0.000994. The fourth-order valence-corrected chi connectivity index (χ4v) is 4.70. The third-order valence-corrected chi connectivity index (χ3v) is 6.26. The number of carbonyl (C=O) groups is 1. The summed E-state index contributed by atoms with van der Waals surface area (Å²) in [6, 6.07) is 0. The lowest BCUT2D eigenvalue weighted by Crippen LogP contribution is -2.60. The van der Waals surface area contributed by atoms with Gasteiger partial charge < -0.3 is 9.64 Å². The summed E-state index contributed by atoms with van der Waals surface area (Å²) in [5, 5.41) is 0. The molecule has 3 heterocycles. The van der Waals surface area contributed by atoms with Crippen molar-refractivity contribution in [2.24, 2.45) is 5.92 Å². The molecule has 4 rings (SSSR count). The van der Waals surface area contributed by atoms with Crippen molar-refractivity contribution in [2.75, 3.05) is 25.4 Å². The maximum atomic E-state index is 12.4. The first-order chi connectivity index (χ1) is 10.6. The van der Waals surface area contributed by atoms with Gasteiger partial charge in [0.2, 0.25) is 0 Å². The Hall–Kier alpha value is -1.14. The fourth-order valence-electron chi connectivity index (χ4n) is 3.14. The topological polar surface area (TPSA) is 55.3 Å². The second-order valence-electron chi connectivity index (χ2n) is 6.80. The maximum Gasteiger partial charge on any atom is 0.274 e. The number of hydrogen-bond donors (Lipinski definition) is 0. The lowest BCUT2D eigenvalue weighted by molar-refractivity contribution is 0.0284. The van der Waals surface area contributed by atoms with Gasteiger partial charge in [0.05, 0.1) is 22.7 Å². The molecule has 5 nitrogen and oxygen atoms in total. The Kier molecular flexibility index (Phi) is 3.61. The molecule has 2 aliphatic heterocycles. The molecule has 1 amide bonds. The monoisotopic (exact) mass is 319 g/mol. The van der Waals surface area contributed by atoms with Gasteiger partial charge >= 0.3 is 0 Å². The summed E-state index contributed by atoms with van der Waals surface area (Å²) >= 11 is 1.98. The first-order valence-electron chi connectivity index (χ1n) is 7.97. The molecule has 1 unspecified atom stereocenters. The SMILES string of the molecule is Cc1cnc(C(=O)N2CC3(CC(OCC4CC4)CS3)C2)cn1. The van der Waals surface area contributed by atoms with Crippen LogP contribution in [0, 0.1) is 12.8 Å². The summed E-state index contributed by atoms with van der Waals surface area (Å²) in [4.78, 5) is 22.6. The number of aromatic nitrogens is 2. The van der Waals surface area contributed by atoms with Crippen LogP contribution < -0.4 is 0 Å². The Labute approximate surface area is 134 Å². The summed E-state index contributed by atoms with van der Waals surface area (Å²) in [5.74, 6) is 1.89. The third-order valence-electron chi connectivity index (χ3n) is 4.68. The van der Waals surface area contributed by atoms with Crippen LogP contribution in [0.15, 0.2) is 12.4 Å². The van der Waals surface area contributed by atoms with Gasteiger partial charge in [-0.05, 0) is 32.1 Å². The maximum absolute atomic E-state index is 12.4. The van der Waals surface area contributed by atoms with Crippen LogP contribution in [0.5, 0.6) is 0 Å². The van der Waals surface area contributed by atoms with E-state index in [1.54, 1.807) is 12.4 Å². The van der Waals surface area contributed by atoms with Crippen molar-refractivity contribution in [1.82, 2.24) is 14.9 Å². The first-order valence-corrected chi connectivity index (χ1v) is 8.96. The summed E-state index contributed by atoms with van der Waals surface area (Å²) < 4.78 is 6.23. The third kappa shape index (κ3) is 2.86. The molecule has 1 atom stereocenters. The largest absolute Gasteiger partial charge is 0.377 e. The van der Waals surface area contributed by atoms with Gasteiger partial charge in [-0.15, -0.1) is 11.8 Å². The van der Waals surface area contributed by atoms with E-state index in [0.29, 0.717) is 11.8 Å². The van der Waals surface area contributed by atoms with Gasteiger partial charge in [-0.1, -0.05) is 0 Å². The molecule has 0 bridgehead atoms. The van der Waals surface area contributed by atoms with Crippen molar-refractivity contribution in [1.29, 1.82) is 0 Å². The summed E-state index contributed by atoms with van der Waals surface area (Å²) in [6.07, 6.45) is 7.35. The Morgan fingerprint density at radius 1 is 1.41 bits per heavy atom. The van der Waals surface area contributed by atoms with Crippen LogP contribution in [-0.4, -0.2) is 57.1 Å². The van der Waals surface area contributed by atoms with E-state index in [9.17, 15) is 4.79 Å². The number of likely N-dealkylation sites (tertiary alicyclic amines) is 1. The minimum absolute atomic E-state index is 0.000994. The van der Waals surface area contributed by atoms with E-state index in [0.717, 1.165) is 43.5 Å². The van der Waals surface area contributed by atoms with Crippen LogP contribution in [0.4, 0.5) is 0 Å². The number of ether oxygens (including phenoxy) is 1. The molecule has 1 saturated carbocycles. The Morgan fingerprint density at radius 2 is 2.23 bits per heavy atom. The highest BCUT2D eigenvalue weighted by Gasteiger charge is 2.51. The Balaban J connectivity index is 1.29. The summed E-state index contributed by atoms with van der Waals surface area (Å²) in [5.41, 5.74) is 1.28. The van der Waals surface area contributed by atoms with Crippen molar-refractivity contribution in [3.8, 4) is 0 Å². The average Bonchev–Trinajstić information content (AvgIpc) is 3.21. The number of rotatable bonds is 4.